The van der Waals surface area contributed by atoms with E-state index in [4.69, 9.17) is 9.47 Å². The van der Waals surface area contributed by atoms with Gasteiger partial charge in [0.25, 0.3) is 0 Å². The molecular formula is C29H40FNO5. The van der Waals surface area contributed by atoms with Crippen LogP contribution in [-0.4, -0.2) is 42.1 Å². The fraction of sp³-hybridized carbons (Fsp3) is 0.552. The summed E-state index contributed by atoms with van der Waals surface area (Å²) in [4.78, 5) is 12.7. The molecule has 0 radical (unpaired) electrons. The van der Waals surface area contributed by atoms with Gasteiger partial charge in [0.05, 0.1) is 38.5 Å². The molecule has 36 heavy (non-hydrogen) atoms. The highest BCUT2D eigenvalue weighted by Gasteiger charge is 2.24. The number of aromatic hydroxyl groups is 1. The number of hydrogen-bond donors (Lipinski definition) is 3. The van der Waals surface area contributed by atoms with E-state index in [9.17, 15) is 19.4 Å². The highest BCUT2D eigenvalue weighted by atomic mass is 19.1. The number of hydrogen-bond acceptors (Lipinski definition) is 5. The maximum Gasteiger partial charge on any atom is 0.223 e. The van der Waals surface area contributed by atoms with Crippen LogP contribution in [0, 0.1) is 5.92 Å². The van der Waals surface area contributed by atoms with Crippen LogP contribution in [0.3, 0.4) is 0 Å². The van der Waals surface area contributed by atoms with Gasteiger partial charge in [-0.3, -0.25) is 9.18 Å². The Morgan fingerprint density at radius 1 is 0.944 bits per heavy atom. The van der Waals surface area contributed by atoms with Crippen LogP contribution in [0.2, 0.25) is 0 Å². The maximum atomic E-state index is 12.7. The fourth-order valence-corrected chi connectivity index (χ4v) is 4.70. The Bertz CT molecular complexity index is 884. The molecule has 1 aliphatic carbocycles. The van der Waals surface area contributed by atoms with E-state index in [0.29, 0.717) is 37.4 Å². The minimum Gasteiger partial charge on any atom is -0.508 e. The van der Waals surface area contributed by atoms with Crippen LogP contribution in [0.15, 0.2) is 48.5 Å². The molecule has 0 aliphatic heterocycles. The number of halogens is 1. The standard InChI is InChI=1S/C29H40FNO5/c30-19-3-4-20-35-25-14-10-23(11-15-25)29(34)27(9-5-8-22-6-1-2-7-22)31-28(33)18-21-36-26-16-12-24(32)13-17-26/h10-17,22,27,29,32,34H,1-9,18-21H2,(H,31,33)/t27-,29-/m1/s1. The summed E-state index contributed by atoms with van der Waals surface area (Å²) in [6.07, 6.45) is 8.40. The molecule has 1 amide bonds. The van der Waals surface area contributed by atoms with E-state index in [-0.39, 0.29) is 31.4 Å². The number of carbonyl (C=O) groups excluding carboxylic acids is 1. The van der Waals surface area contributed by atoms with E-state index in [1.165, 1.54) is 37.8 Å². The normalized spacial score (nSPS) is 15.4. The summed E-state index contributed by atoms with van der Waals surface area (Å²) in [7, 11) is 0. The molecule has 0 heterocycles. The zero-order valence-corrected chi connectivity index (χ0v) is 21.0. The Labute approximate surface area is 213 Å². The molecule has 3 rings (SSSR count). The van der Waals surface area contributed by atoms with Crippen molar-refractivity contribution in [2.45, 2.75) is 76.4 Å². The lowest BCUT2D eigenvalue weighted by Gasteiger charge is -2.25. The van der Waals surface area contributed by atoms with Crippen LogP contribution in [0.1, 0.15) is 75.9 Å². The molecule has 1 fully saturated rings. The summed E-state index contributed by atoms with van der Waals surface area (Å²) in [6.45, 7) is 0.319. The van der Waals surface area contributed by atoms with E-state index >= 15 is 0 Å². The number of ether oxygens (including phenoxy) is 2. The molecule has 6 nitrogen and oxygen atoms in total. The van der Waals surface area contributed by atoms with Gasteiger partial charge in [0.15, 0.2) is 0 Å². The molecule has 0 unspecified atom stereocenters. The summed E-state index contributed by atoms with van der Waals surface area (Å²) >= 11 is 0. The van der Waals surface area contributed by atoms with E-state index in [2.05, 4.69) is 5.32 Å². The summed E-state index contributed by atoms with van der Waals surface area (Å²) in [5.41, 5.74) is 0.720. The monoisotopic (exact) mass is 501 g/mol. The van der Waals surface area contributed by atoms with Gasteiger partial charge in [-0.15, -0.1) is 0 Å². The van der Waals surface area contributed by atoms with Crippen molar-refractivity contribution in [3.63, 3.8) is 0 Å². The number of phenols is 1. The Kier molecular flexibility index (Phi) is 11.8. The van der Waals surface area contributed by atoms with Crippen molar-refractivity contribution in [3.8, 4) is 17.2 Å². The zero-order chi connectivity index (χ0) is 25.6. The number of amides is 1. The lowest BCUT2D eigenvalue weighted by molar-refractivity contribution is -0.123. The predicted molar refractivity (Wildman–Crippen MR) is 138 cm³/mol. The molecule has 198 valence electrons. The Morgan fingerprint density at radius 3 is 2.25 bits per heavy atom. The van der Waals surface area contributed by atoms with Crippen molar-refractivity contribution in [1.29, 1.82) is 0 Å². The third-order valence-electron chi connectivity index (χ3n) is 6.78. The number of benzene rings is 2. The molecule has 0 aromatic heterocycles. The summed E-state index contributed by atoms with van der Waals surface area (Å²) < 4.78 is 23.5. The van der Waals surface area contributed by atoms with Gasteiger partial charge in [-0.2, -0.15) is 0 Å². The molecule has 1 saturated carbocycles. The number of phenolic OH excluding ortho intramolecular Hbond substituents is 1. The second kappa shape index (κ2) is 15.3. The fourth-order valence-electron chi connectivity index (χ4n) is 4.70. The number of alkyl halides is 1. The quantitative estimate of drug-likeness (QED) is 0.251. The molecule has 0 bridgehead atoms. The minimum atomic E-state index is -0.837. The van der Waals surface area contributed by atoms with Crippen LogP contribution in [0.4, 0.5) is 4.39 Å². The van der Waals surface area contributed by atoms with Gasteiger partial charge in [-0.05, 0) is 67.1 Å². The molecule has 2 aromatic carbocycles. The molecule has 0 saturated heterocycles. The van der Waals surface area contributed by atoms with E-state index in [1.807, 2.05) is 12.1 Å². The molecule has 7 heteroatoms. The summed E-state index contributed by atoms with van der Waals surface area (Å²) in [6, 6.07) is 13.2. The second-order valence-electron chi connectivity index (χ2n) is 9.61. The van der Waals surface area contributed by atoms with Crippen LogP contribution >= 0.6 is 0 Å². The van der Waals surface area contributed by atoms with Gasteiger partial charge < -0.3 is 25.0 Å². The van der Waals surface area contributed by atoms with Crippen LogP contribution in [0.25, 0.3) is 0 Å². The van der Waals surface area contributed by atoms with Crippen molar-refractivity contribution in [2.24, 2.45) is 5.92 Å². The number of rotatable bonds is 16. The lowest BCUT2D eigenvalue weighted by atomic mass is 9.94. The highest BCUT2D eigenvalue weighted by molar-refractivity contribution is 5.76. The Balaban J connectivity index is 1.53. The van der Waals surface area contributed by atoms with Crippen molar-refractivity contribution in [2.75, 3.05) is 19.9 Å². The van der Waals surface area contributed by atoms with Crippen LogP contribution < -0.4 is 14.8 Å². The third kappa shape index (κ3) is 9.69. The number of aliphatic hydroxyl groups excluding tert-OH is 1. The van der Waals surface area contributed by atoms with Gasteiger partial charge >= 0.3 is 0 Å². The van der Waals surface area contributed by atoms with Gasteiger partial charge in [0, 0.05) is 0 Å². The van der Waals surface area contributed by atoms with E-state index < -0.39 is 12.1 Å². The number of aliphatic hydroxyl groups is 1. The van der Waals surface area contributed by atoms with Gasteiger partial charge in [-0.25, -0.2) is 0 Å². The molecule has 2 atom stereocenters. The minimum absolute atomic E-state index is 0.158. The first kappa shape index (κ1) is 27.8. The number of unbranched alkanes of at least 4 members (excludes halogenated alkanes) is 1. The molecule has 0 spiro atoms. The molecule has 3 N–H and O–H groups in total. The van der Waals surface area contributed by atoms with Gasteiger partial charge in [0.1, 0.15) is 17.2 Å². The highest BCUT2D eigenvalue weighted by Crippen LogP contribution is 2.30. The van der Waals surface area contributed by atoms with Gasteiger partial charge in [-0.1, -0.05) is 50.7 Å². The predicted octanol–water partition coefficient (Wildman–Crippen LogP) is 5.87. The van der Waals surface area contributed by atoms with Crippen molar-refractivity contribution in [1.82, 2.24) is 5.32 Å². The molecule has 1 aliphatic rings. The van der Waals surface area contributed by atoms with Crippen molar-refractivity contribution in [3.05, 3.63) is 54.1 Å². The van der Waals surface area contributed by atoms with Crippen LogP contribution in [0.5, 0.6) is 17.2 Å². The zero-order valence-electron chi connectivity index (χ0n) is 21.0. The average Bonchev–Trinajstić information content (AvgIpc) is 3.41. The lowest BCUT2D eigenvalue weighted by Crippen LogP contribution is -2.40. The summed E-state index contributed by atoms with van der Waals surface area (Å²) in [5.74, 6) is 2.00. The topological polar surface area (TPSA) is 88.0 Å². The summed E-state index contributed by atoms with van der Waals surface area (Å²) in [5, 5.41) is 23.5. The second-order valence-corrected chi connectivity index (χ2v) is 9.61. The molecule has 2 aromatic rings. The van der Waals surface area contributed by atoms with Gasteiger partial charge in [0.2, 0.25) is 5.91 Å². The van der Waals surface area contributed by atoms with E-state index in [0.717, 1.165) is 24.3 Å². The average molecular weight is 502 g/mol. The van der Waals surface area contributed by atoms with Crippen molar-refractivity contribution < 1.29 is 28.9 Å². The Morgan fingerprint density at radius 2 is 1.58 bits per heavy atom. The first-order valence-electron chi connectivity index (χ1n) is 13.2. The first-order chi connectivity index (χ1) is 17.5. The first-order valence-corrected chi connectivity index (χ1v) is 13.2. The smallest absolute Gasteiger partial charge is 0.223 e. The number of carbonyl (C=O) groups is 1. The SMILES string of the molecule is O=C(CCOc1ccc(O)cc1)N[C@H](CCCC1CCCC1)[C@H](O)c1ccc(OCCCCF)cc1. The third-order valence-corrected chi connectivity index (χ3v) is 6.78. The Hall–Kier alpha value is -2.80. The molecular weight excluding hydrogens is 461 g/mol. The maximum absolute atomic E-state index is 12.7. The van der Waals surface area contributed by atoms with Crippen LogP contribution in [-0.2, 0) is 4.79 Å². The van der Waals surface area contributed by atoms with E-state index in [1.54, 1.807) is 24.3 Å². The number of nitrogens with one attached hydrogen (secondary N) is 1. The van der Waals surface area contributed by atoms with Crippen molar-refractivity contribution >= 4 is 5.91 Å². The largest absolute Gasteiger partial charge is 0.508 e.